The van der Waals surface area contributed by atoms with Crippen LogP contribution in [0.3, 0.4) is 0 Å². The summed E-state index contributed by atoms with van der Waals surface area (Å²) >= 11 is 0. The van der Waals surface area contributed by atoms with Crippen LogP contribution in [0.25, 0.3) is 0 Å². The summed E-state index contributed by atoms with van der Waals surface area (Å²) in [5.41, 5.74) is -1.25. The van der Waals surface area contributed by atoms with Gasteiger partial charge in [0.05, 0.1) is 37.9 Å². The van der Waals surface area contributed by atoms with Gasteiger partial charge in [-0.3, -0.25) is 4.79 Å². The van der Waals surface area contributed by atoms with Crippen LogP contribution in [-0.2, 0) is 52.2 Å². The number of aliphatic hydroxyl groups is 11. The molecule has 8 fully saturated rings. The first-order valence-electron chi connectivity index (χ1n) is 27.5. The second-order valence-corrected chi connectivity index (χ2v) is 26.1. The molecule has 22 heteroatoms. The lowest BCUT2D eigenvalue weighted by atomic mass is 9.33. The molecule has 0 unspecified atom stereocenters. The largest absolute Gasteiger partial charge is 0.467 e. The van der Waals surface area contributed by atoms with E-state index in [-0.39, 0.29) is 46.0 Å². The number of carbonyl (C=O) groups excluding carboxylic acids is 2. The minimum absolute atomic E-state index is 0.152. The summed E-state index contributed by atoms with van der Waals surface area (Å²) in [5.74, 6) is -1.40. The first-order chi connectivity index (χ1) is 35.5. The van der Waals surface area contributed by atoms with Crippen LogP contribution in [0.4, 0.5) is 0 Å². The van der Waals surface area contributed by atoms with Crippen molar-refractivity contribution in [3.63, 3.8) is 0 Å². The fraction of sp³-hybridized carbons (Fsp3) is 0.926. The van der Waals surface area contributed by atoms with Gasteiger partial charge in [-0.15, -0.1) is 0 Å². The number of esters is 2. The lowest BCUT2D eigenvalue weighted by molar-refractivity contribution is -0.365. The summed E-state index contributed by atoms with van der Waals surface area (Å²) in [5, 5.41) is 119. The van der Waals surface area contributed by atoms with E-state index in [9.17, 15) is 61.0 Å². The smallest absolute Gasteiger partial charge is 0.337 e. The molecule has 0 bridgehead atoms. The summed E-state index contributed by atoms with van der Waals surface area (Å²) in [7, 11) is 1.15. The van der Waals surface area contributed by atoms with Crippen molar-refractivity contribution < 1.29 is 108 Å². The van der Waals surface area contributed by atoms with E-state index in [1.54, 1.807) is 0 Å². The Labute approximate surface area is 443 Å². The van der Waals surface area contributed by atoms with Crippen LogP contribution >= 0.6 is 0 Å². The summed E-state index contributed by atoms with van der Waals surface area (Å²) in [6.45, 7) is 16.4. The van der Waals surface area contributed by atoms with Gasteiger partial charge < -0.3 is 98.8 Å². The minimum Gasteiger partial charge on any atom is -0.467 e. The van der Waals surface area contributed by atoms with Crippen molar-refractivity contribution in [2.24, 2.45) is 50.2 Å². The van der Waals surface area contributed by atoms with Gasteiger partial charge in [0.2, 0.25) is 6.29 Å². The molecule has 27 atom stereocenters. The number of allylic oxidation sites excluding steroid dienone is 2. The highest BCUT2D eigenvalue weighted by Gasteiger charge is 2.70. The number of ether oxygens (including phenoxy) is 9. The molecule has 0 spiro atoms. The standard InChI is InChI=1S/C54H86O22/c1-23-31(56)34(59)39(64)45(71-23)75-42-36(61)33(58)27(22-70-44-38(63)32(57)26(55)21-69-44)72-47(42)76-48(67)54-18-16-49(2,3)20-25(54)24-10-11-29-51(6)14-13-30(73-46-40(65)35(60)37(62)41(74-46)43(66)68-9)50(4,5)28(51)12-15-53(29,8)52(24,7)17-19-54/h10,23,25-42,44-47,55-65H,11-22H2,1-9H3/t23-,25-,26+,27+,28-,29+,30-,31-,32-,33+,34+,35-,36-,37-,38+,39+,40+,41-,42+,44-,45-,46+,47-,51-,52+,53+,54-/m0/s1. The van der Waals surface area contributed by atoms with Gasteiger partial charge in [0.25, 0.3) is 0 Å². The normalized spacial score (nSPS) is 52.9. The summed E-state index contributed by atoms with van der Waals surface area (Å²) in [6.07, 6.45) is -21.7. The second kappa shape index (κ2) is 21.1. The zero-order valence-electron chi connectivity index (χ0n) is 45.3. The number of aliphatic hydroxyl groups excluding tert-OH is 11. The maximum atomic E-state index is 15.5. The maximum Gasteiger partial charge on any atom is 0.337 e. The van der Waals surface area contributed by atoms with Crippen molar-refractivity contribution in [3.05, 3.63) is 11.6 Å². The molecule has 0 aromatic carbocycles. The predicted octanol–water partition coefficient (Wildman–Crippen LogP) is -0.188. The average molecular weight is 1090 g/mol. The van der Waals surface area contributed by atoms with Gasteiger partial charge in [-0.1, -0.05) is 60.1 Å². The van der Waals surface area contributed by atoms with E-state index in [2.05, 4.69) is 54.5 Å². The van der Waals surface area contributed by atoms with Gasteiger partial charge in [-0.2, -0.15) is 0 Å². The SMILES string of the molecule is COC(=O)[C@H]1O[C@@H](O[C@H]2CC[C@]3(C)[C@H]4CC=C5[C@@H]6CC(C)(C)CC[C@]6(C(=O)O[C@@H]6O[C@H](CO[C@@H]7OC[C@@H](O)[C@H](O)[C@H]7O)[C@@H](O)[C@H](O)[C@H]6O[C@@H]6O[C@@H](C)[C@H](O)[C@@H](O)[C@H]6O)CC[C@@]5(C)[C@]4(C)CC[C@H]3C2(C)C)[C@H](O)[C@@H](O)[C@@H]1O. The summed E-state index contributed by atoms with van der Waals surface area (Å²) in [4.78, 5) is 28.1. The highest BCUT2D eigenvalue weighted by Crippen LogP contribution is 2.76. The molecule has 11 N–H and O–H groups in total. The molecule has 22 nitrogen and oxygen atoms in total. The fourth-order valence-corrected chi connectivity index (χ4v) is 16.2. The second-order valence-electron chi connectivity index (χ2n) is 26.1. The molecule has 4 saturated heterocycles. The van der Waals surface area contributed by atoms with Crippen molar-refractivity contribution in [1.29, 1.82) is 0 Å². The molecule has 4 heterocycles. The molecular weight excluding hydrogens is 1000 g/mol. The number of rotatable bonds is 10. The van der Waals surface area contributed by atoms with Gasteiger partial charge in [0.15, 0.2) is 31.1 Å². The van der Waals surface area contributed by atoms with Crippen LogP contribution in [0.5, 0.6) is 0 Å². The molecule has 434 valence electrons. The van der Waals surface area contributed by atoms with E-state index in [0.29, 0.717) is 38.5 Å². The summed E-state index contributed by atoms with van der Waals surface area (Å²) < 4.78 is 52.8. The van der Waals surface area contributed by atoms with E-state index in [1.807, 2.05) is 0 Å². The topological polar surface area (TPSA) is 340 Å². The molecule has 5 aliphatic carbocycles. The number of hydrogen-bond donors (Lipinski definition) is 11. The molecule has 0 radical (unpaired) electrons. The van der Waals surface area contributed by atoms with Crippen molar-refractivity contribution in [3.8, 4) is 0 Å². The van der Waals surface area contributed by atoms with Crippen LogP contribution in [0, 0.1) is 50.2 Å². The van der Waals surface area contributed by atoms with E-state index in [1.165, 1.54) is 12.5 Å². The number of carbonyl (C=O) groups is 2. The van der Waals surface area contributed by atoms with E-state index < -0.39 is 152 Å². The molecule has 4 aliphatic heterocycles. The van der Waals surface area contributed by atoms with Crippen molar-refractivity contribution >= 4 is 11.9 Å². The van der Waals surface area contributed by atoms with E-state index in [4.69, 9.17) is 42.6 Å². The molecule has 0 aromatic rings. The Hall–Kier alpha value is -2.04. The quantitative estimate of drug-likeness (QED) is 0.0767. The highest BCUT2D eigenvalue weighted by molar-refractivity contribution is 5.79. The van der Waals surface area contributed by atoms with Gasteiger partial charge in [-0.05, 0) is 116 Å². The Kier molecular flexibility index (Phi) is 16.2. The van der Waals surface area contributed by atoms with Gasteiger partial charge in [-0.25, -0.2) is 4.79 Å². The van der Waals surface area contributed by atoms with Gasteiger partial charge >= 0.3 is 11.9 Å². The fourth-order valence-electron chi connectivity index (χ4n) is 16.2. The van der Waals surface area contributed by atoms with Crippen LogP contribution in [-0.4, -0.2) is 211 Å². The maximum absolute atomic E-state index is 15.5. The minimum atomic E-state index is -1.89. The lowest BCUT2D eigenvalue weighted by Crippen LogP contribution is -2.66. The molecule has 9 rings (SSSR count). The van der Waals surface area contributed by atoms with Crippen molar-refractivity contribution in [2.75, 3.05) is 20.3 Å². The highest BCUT2D eigenvalue weighted by atomic mass is 16.8. The predicted molar refractivity (Wildman–Crippen MR) is 260 cm³/mol. The Morgan fingerprint density at radius 1 is 0.645 bits per heavy atom. The molecule has 9 aliphatic rings. The summed E-state index contributed by atoms with van der Waals surface area (Å²) in [6, 6.07) is 0. The molecule has 76 heavy (non-hydrogen) atoms. The average Bonchev–Trinajstić information content (AvgIpc) is 3.39. The molecule has 4 saturated carbocycles. The first kappa shape index (κ1) is 58.6. The van der Waals surface area contributed by atoms with E-state index >= 15 is 4.79 Å². The number of hydrogen-bond acceptors (Lipinski definition) is 22. The first-order valence-corrected chi connectivity index (χ1v) is 27.5. The Bertz CT molecular complexity index is 2140. The van der Waals surface area contributed by atoms with Crippen molar-refractivity contribution in [2.45, 2.75) is 242 Å². The third kappa shape index (κ3) is 9.53. The lowest BCUT2D eigenvalue weighted by Gasteiger charge is -2.71. The Morgan fingerprint density at radius 2 is 1.29 bits per heavy atom. The number of methoxy groups -OCH3 is 1. The van der Waals surface area contributed by atoms with E-state index in [0.717, 1.165) is 32.8 Å². The molecular formula is C54H86O22. The van der Waals surface area contributed by atoms with Crippen LogP contribution in [0.15, 0.2) is 11.6 Å². The van der Waals surface area contributed by atoms with Crippen molar-refractivity contribution in [1.82, 2.24) is 0 Å². The number of fused-ring (bicyclic) bond motifs is 7. The third-order valence-corrected chi connectivity index (χ3v) is 21.1. The van der Waals surface area contributed by atoms with Gasteiger partial charge in [0.1, 0.15) is 73.2 Å². The van der Waals surface area contributed by atoms with Gasteiger partial charge in [0, 0.05) is 0 Å². The molecule has 0 aromatic heterocycles. The Morgan fingerprint density at radius 3 is 1.97 bits per heavy atom. The third-order valence-electron chi connectivity index (χ3n) is 21.1. The van der Waals surface area contributed by atoms with Crippen LogP contribution < -0.4 is 0 Å². The zero-order valence-corrected chi connectivity index (χ0v) is 45.3. The molecule has 0 amide bonds. The van der Waals surface area contributed by atoms with Crippen LogP contribution in [0.2, 0.25) is 0 Å². The monoisotopic (exact) mass is 1090 g/mol. The van der Waals surface area contributed by atoms with Crippen LogP contribution in [0.1, 0.15) is 120 Å². The Balaban J connectivity index is 0.980. The zero-order chi connectivity index (χ0) is 55.6.